The van der Waals surface area contributed by atoms with Crippen LogP contribution in [-0.2, 0) is 4.79 Å². The molecule has 4 bridgehead atoms. The molecule has 23 heavy (non-hydrogen) atoms. The van der Waals surface area contributed by atoms with Gasteiger partial charge in [0.2, 0.25) is 5.91 Å². The van der Waals surface area contributed by atoms with Gasteiger partial charge in [-0.25, -0.2) is 4.98 Å². The zero-order valence-electron chi connectivity index (χ0n) is 13.5. The molecule has 1 saturated heterocycles. The lowest BCUT2D eigenvalue weighted by Gasteiger charge is -2.54. The predicted molar refractivity (Wildman–Crippen MR) is 91.5 cm³/mol. The molecule has 5 heteroatoms. The molecule has 1 amide bonds. The second kappa shape index (κ2) is 5.47. The Morgan fingerprint density at radius 1 is 1.17 bits per heavy atom. The Hall–Kier alpha value is -1.10. The average molecular weight is 331 g/mol. The van der Waals surface area contributed by atoms with Gasteiger partial charge in [-0.3, -0.25) is 4.79 Å². The van der Waals surface area contributed by atoms with Gasteiger partial charge in [-0.1, -0.05) is 0 Å². The van der Waals surface area contributed by atoms with Gasteiger partial charge in [0.15, 0.2) is 5.13 Å². The third kappa shape index (κ3) is 2.39. The summed E-state index contributed by atoms with van der Waals surface area (Å²) in [5.41, 5.74) is 0. The summed E-state index contributed by atoms with van der Waals surface area (Å²) in [7, 11) is 0. The first-order valence-electron chi connectivity index (χ1n) is 9.24. The van der Waals surface area contributed by atoms with Crippen molar-refractivity contribution in [1.29, 1.82) is 0 Å². The second-order valence-electron chi connectivity index (χ2n) is 8.13. The predicted octanol–water partition coefficient (Wildman–Crippen LogP) is 3.05. The van der Waals surface area contributed by atoms with Gasteiger partial charge in [0, 0.05) is 24.2 Å². The van der Waals surface area contributed by atoms with Crippen LogP contribution in [0.3, 0.4) is 0 Å². The van der Waals surface area contributed by atoms with Gasteiger partial charge in [0.1, 0.15) is 6.04 Å². The highest BCUT2D eigenvalue weighted by atomic mass is 32.1. The van der Waals surface area contributed by atoms with E-state index in [0.29, 0.717) is 6.04 Å². The zero-order valence-corrected chi connectivity index (χ0v) is 14.3. The summed E-state index contributed by atoms with van der Waals surface area (Å²) in [5.74, 6) is 3.69. The Labute approximate surface area is 141 Å². The van der Waals surface area contributed by atoms with Crippen LogP contribution in [0.1, 0.15) is 44.9 Å². The lowest BCUT2D eigenvalue weighted by atomic mass is 9.54. The number of carbonyl (C=O) groups excluding carboxylic acids is 1. The Bertz CT molecular complexity index is 559. The fourth-order valence-electron chi connectivity index (χ4n) is 6.05. The Morgan fingerprint density at radius 2 is 1.91 bits per heavy atom. The van der Waals surface area contributed by atoms with Gasteiger partial charge >= 0.3 is 0 Å². The largest absolute Gasteiger partial charge is 0.351 e. The van der Waals surface area contributed by atoms with Crippen molar-refractivity contribution in [2.24, 2.45) is 23.7 Å². The topological polar surface area (TPSA) is 45.2 Å². The SMILES string of the molecule is O=C(NC1C2CC3CC(C2)CC1C3)C1CCCN1c1nccs1. The monoisotopic (exact) mass is 331 g/mol. The van der Waals surface area contributed by atoms with Crippen molar-refractivity contribution >= 4 is 22.4 Å². The molecule has 124 valence electrons. The van der Waals surface area contributed by atoms with Crippen molar-refractivity contribution in [2.45, 2.75) is 57.0 Å². The number of aromatic nitrogens is 1. The van der Waals surface area contributed by atoms with E-state index < -0.39 is 0 Å². The number of carbonyl (C=O) groups is 1. The van der Waals surface area contributed by atoms with E-state index in [1.807, 2.05) is 11.6 Å². The Morgan fingerprint density at radius 3 is 2.57 bits per heavy atom. The van der Waals surface area contributed by atoms with Gasteiger partial charge in [-0.15, -0.1) is 11.3 Å². The number of nitrogens with zero attached hydrogens (tertiary/aromatic N) is 2. The van der Waals surface area contributed by atoms with E-state index in [-0.39, 0.29) is 11.9 Å². The van der Waals surface area contributed by atoms with Crippen molar-refractivity contribution in [3.63, 3.8) is 0 Å². The van der Waals surface area contributed by atoms with Crippen molar-refractivity contribution in [2.75, 3.05) is 11.4 Å². The number of nitrogens with one attached hydrogen (secondary N) is 1. The number of rotatable bonds is 3. The number of amides is 1. The van der Waals surface area contributed by atoms with Crippen LogP contribution in [-0.4, -0.2) is 29.5 Å². The molecule has 5 fully saturated rings. The molecule has 1 aromatic heterocycles. The average Bonchev–Trinajstić information content (AvgIpc) is 3.19. The van der Waals surface area contributed by atoms with Gasteiger partial charge in [-0.05, 0) is 68.6 Å². The molecule has 4 saturated carbocycles. The molecule has 0 aromatic carbocycles. The van der Waals surface area contributed by atoms with Crippen LogP contribution in [0.5, 0.6) is 0 Å². The molecule has 2 heterocycles. The van der Waals surface area contributed by atoms with Gasteiger partial charge in [0.25, 0.3) is 0 Å². The van der Waals surface area contributed by atoms with E-state index in [4.69, 9.17) is 0 Å². The van der Waals surface area contributed by atoms with Crippen LogP contribution in [0, 0.1) is 23.7 Å². The van der Waals surface area contributed by atoms with Crippen LogP contribution >= 0.6 is 11.3 Å². The second-order valence-corrected chi connectivity index (χ2v) is 9.00. The fraction of sp³-hybridized carbons (Fsp3) is 0.778. The standard InChI is InChI=1S/C18H25N3OS/c22-17(15-2-1-4-21(15)18-19-3-5-23-18)20-16-13-7-11-6-12(9-13)10-14(16)8-11/h3,5,11-16H,1-2,4,6-10H2,(H,20,22). The van der Waals surface area contributed by atoms with Crippen LogP contribution in [0.15, 0.2) is 11.6 Å². The van der Waals surface area contributed by atoms with Crippen LogP contribution in [0.2, 0.25) is 0 Å². The minimum atomic E-state index is -0.00154. The first-order chi connectivity index (χ1) is 11.3. The number of anilines is 1. The summed E-state index contributed by atoms with van der Waals surface area (Å²) in [5, 5.41) is 6.50. The van der Waals surface area contributed by atoms with Crippen LogP contribution in [0.4, 0.5) is 5.13 Å². The molecular formula is C18H25N3OS. The first-order valence-corrected chi connectivity index (χ1v) is 10.1. The molecule has 4 aliphatic carbocycles. The molecular weight excluding hydrogens is 306 g/mol. The summed E-state index contributed by atoms with van der Waals surface area (Å²) in [6, 6.07) is 0.451. The molecule has 6 rings (SSSR count). The minimum absolute atomic E-state index is 0.00154. The molecule has 1 N–H and O–H groups in total. The first kappa shape index (κ1) is 14.3. The maximum absolute atomic E-state index is 13.0. The highest BCUT2D eigenvalue weighted by Crippen LogP contribution is 2.53. The fourth-order valence-corrected chi connectivity index (χ4v) is 6.77. The normalized spacial score (nSPS) is 41.5. The van der Waals surface area contributed by atoms with E-state index in [9.17, 15) is 4.79 Å². The molecule has 1 unspecified atom stereocenters. The summed E-state index contributed by atoms with van der Waals surface area (Å²) in [4.78, 5) is 19.6. The van der Waals surface area contributed by atoms with Crippen molar-refractivity contribution < 1.29 is 4.79 Å². The Balaban J connectivity index is 1.30. The molecule has 5 aliphatic rings. The quantitative estimate of drug-likeness (QED) is 0.926. The van der Waals surface area contributed by atoms with Crippen molar-refractivity contribution in [1.82, 2.24) is 10.3 Å². The van der Waals surface area contributed by atoms with Crippen LogP contribution in [0.25, 0.3) is 0 Å². The number of hydrogen-bond acceptors (Lipinski definition) is 4. The van der Waals surface area contributed by atoms with E-state index in [0.717, 1.165) is 48.2 Å². The maximum atomic E-state index is 13.0. The van der Waals surface area contributed by atoms with E-state index >= 15 is 0 Å². The molecule has 1 aromatic rings. The third-order valence-electron chi connectivity index (χ3n) is 6.76. The molecule has 0 radical (unpaired) electrons. The third-order valence-corrected chi connectivity index (χ3v) is 7.56. The summed E-state index contributed by atoms with van der Waals surface area (Å²) in [6.45, 7) is 0.966. The van der Waals surface area contributed by atoms with E-state index in [1.54, 1.807) is 11.3 Å². The van der Waals surface area contributed by atoms with E-state index in [1.165, 1.54) is 32.1 Å². The summed E-state index contributed by atoms with van der Waals surface area (Å²) < 4.78 is 0. The molecule has 0 spiro atoms. The molecule has 1 atom stereocenters. The van der Waals surface area contributed by atoms with Gasteiger partial charge in [0.05, 0.1) is 0 Å². The number of hydrogen-bond donors (Lipinski definition) is 1. The summed E-state index contributed by atoms with van der Waals surface area (Å²) in [6.07, 6.45) is 10.8. The molecule has 4 nitrogen and oxygen atoms in total. The number of thiazole rings is 1. The van der Waals surface area contributed by atoms with Crippen molar-refractivity contribution in [3.05, 3.63) is 11.6 Å². The zero-order chi connectivity index (χ0) is 15.4. The van der Waals surface area contributed by atoms with E-state index in [2.05, 4.69) is 15.2 Å². The highest BCUT2D eigenvalue weighted by Gasteiger charge is 2.49. The van der Waals surface area contributed by atoms with Crippen LogP contribution < -0.4 is 10.2 Å². The lowest BCUT2D eigenvalue weighted by Crippen LogP contribution is -2.58. The summed E-state index contributed by atoms with van der Waals surface area (Å²) >= 11 is 1.65. The minimum Gasteiger partial charge on any atom is -0.351 e. The van der Waals surface area contributed by atoms with Gasteiger partial charge < -0.3 is 10.2 Å². The Kier molecular flexibility index (Phi) is 3.39. The maximum Gasteiger partial charge on any atom is 0.243 e. The van der Waals surface area contributed by atoms with Gasteiger partial charge in [-0.2, -0.15) is 0 Å². The smallest absolute Gasteiger partial charge is 0.243 e. The highest BCUT2D eigenvalue weighted by molar-refractivity contribution is 7.13. The van der Waals surface area contributed by atoms with Crippen molar-refractivity contribution in [3.8, 4) is 0 Å². The lowest BCUT2D eigenvalue weighted by molar-refractivity contribution is -0.126. The molecule has 1 aliphatic heterocycles.